The van der Waals surface area contributed by atoms with Gasteiger partial charge in [0.2, 0.25) is 0 Å². The molecular weight excluding hydrogens is 239 g/mol. The van der Waals surface area contributed by atoms with Crippen LogP contribution in [-0.2, 0) is 4.74 Å². The van der Waals surface area contributed by atoms with Gasteiger partial charge < -0.3 is 14.3 Å². The monoisotopic (exact) mass is 254 g/mol. The summed E-state index contributed by atoms with van der Waals surface area (Å²) in [6.45, 7) is 4.33. The van der Waals surface area contributed by atoms with Crippen molar-refractivity contribution in [1.82, 2.24) is 9.55 Å². The lowest BCUT2D eigenvalue weighted by Gasteiger charge is -2.13. The first-order chi connectivity index (χ1) is 8.04. The fourth-order valence-corrected chi connectivity index (χ4v) is 2.39. The molecule has 0 aliphatic rings. The third-order valence-corrected chi connectivity index (χ3v) is 3.14. The maximum Gasteiger partial charge on any atom is 0.178 e. The van der Waals surface area contributed by atoms with Crippen molar-refractivity contribution in [3.63, 3.8) is 0 Å². The van der Waals surface area contributed by atoms with Crippen LogP contribution in [0.2, 0.25) is 0 Å². The summed E-state index contributed by atoms with van der Waals surface area (Å²) in [5.74, 6) is -0.222. The highest BCUT2D eigenvalue weighted by atomic mass is 32.1. The van der Waals surface area contributed by atoms with Crippen molar-refractivity contribution < 1.29 is 9.13 Å². The number of aromatic amines is 1. The molecule has 3 nitrogen and oxygen atoms in total. The van der Waals surface area contributed by atoms with Gasteiger partial charge in [-0.1, -0.05) is 0 Å². The number of nitrogens with one attached hydrogen (secondary N) is 1. The second-order valence-electron chi connectivity index (χ2n) is 4.22. The van der Waals surface area contributed by atoms with E-state index in [0.717, 1.165) is 11.0 Å². The van der Waals surface area contributed by atoms with E-state index in [-0.39, 0.29) is 11.9 Å². The molecule has 5 heteroatoms. The lowest BCUT2D eigenvalue weighted by molar-refractivity contribution is 0.163. The highest BCUT2D eigenvalue weighted by Crippen LogP contribution is 2.22. The summed E-state index contributed by atoms with van der Waals surface area (Å²) in [7, 11) is 1.65. The molecule has 2 rings (SSSR count). The van der Waals surface area contributed by atoms with Crippen molar-refractivity contribution in [3.05, 3.63) is 28.3 Å². The number of H-pyrrole nitrogens is 1. The molecule has 0 spiro atoms. The Hall–Kier alpha value is -1.20. The number of methoxy groups -OCH3 is 1. The molecule has 17 heavy (non-hydrogen) atoms. The average molecular weight is 254 g/mol. The molecule has 92 valence electrons. The first kappa shape index (κ1) is 12.3. The van der Waals surface area contributed by atoms with Crippen molar-refractivity contribution in [2.24, 2.45) is 0 Å². The van der Waals surface area contributed by atoms with Gasteiger partial charge in [-0.05, 0) is 43.8 Å². The predicted octanol–water partition coefficient (Wildman–Crippen LogP) is 3.35. The van der Waals surface area contributed by atoms with Crippen LogP contribution in [0.15, 0.2) is 12.1 Å². The Labute approximate surface area is 104 Å². The van der Waals surface area contributed by atoms with E-state index >= 15 is 0 Å². The van der Waals surface area contributed by atoms with Gasteiger partial charge in [0.05, 0.1) is 23.7 Å². The van der Waals surface area contributed by atoms with E-state index in [1.54, 1.807) is 14.0 Å². The zero-order valence-corrected chi connectivity index (χ0v) is 10.9. The number of halogens is 1. The molecule has 0 bridgehead atoms. The van der Waals surface area contributed by atoms with Crippen molar-refractivity contribution in [2.45, 2.75) is 19.9 Å². The van der Waals surface area contributed by atoms with Crippen LogP contribution >= 0.6 is 12.2 Å². The molecule has 1 heterocycles. The number of imidazole rings is 1. The van der Waals surface area contributed by atoms with Gasteiger partial charge >= 0.3 is 0 Å². The lowest BCUT2D eigenvalue weighted by atomic mass is 10.2. The standard InChI is InChI=1S/C12H15FN2OS/c1-7-4-11-10(5-9(7)13)14-12(17)15(11)8(2)6-16-3/h4-5,8H,6H2,1-3H3,(H,14,17). The molecule has 0 radical (unpaired) electrons. The highest BCUT2D eigenvalue weighted by Gasteiger charge is 2.12. The summed E-state index contributed by atoms with van der Waals surface area (Å²) in [6.07, 6.45) is 0. The number of aromatic nitrogens is 2. The maximum atomic E-state index is 13.5. The normalized spacial score (nSPS) is 13.2. The molecule has 1 N–H and O–H groups in total. The van der Waals surface area contributed by atoms with Crippen LogP contribution in [0, 0.1) is 17.5 Å². The zero-order chi connectivity index (χ0) is 12.6. The number of hydrogen-bond donors (Lipinski definition) is 1. The van der Waals surface area contributed by atoms with Gasteiger partial charge in [-0.3, -0.25) is 0 Å². The van der Waals surface area contributed by atoms with Crippen LogP contribution in [0.3, 0.4) is 0 Å². The summed E-state index contributed by atoms with van der Waals surface area (Å²) < 4.78 is 21.1. The quantitative estimate of drug-likeness (QED) is 0.851. The number of nitrogens with zero attached hydrogens (tertiary/aromatic N) is 1. The molecule has 0 fully saturated rings. The third-order valence-electron chi connectivity index (χ3n) is 2.85. The summed E-state index contributed by atoms with van der Waals surface area (Å²) in [6, 6.07) is 3.41. The SMILES string of the molecule is COCC(C)n1c(=S)[nH]c2cc(F)c(C)cc21. The fraction of sp³-hybridized carbons (Fsp3) is 0.417. The largest absolute Gasteiger partial charge is 0.383 e. The minimum absolute atomic E-state index is 0.117. The Balaban J connectivity index is 2.66. The van der Waals surface area contributed by atoms with E-state index in [1.165, 1.54) is 6.07 Å². The Kier molecular flexibility index (Phi) is 3.31. The summed E-state index contributed by atoms with van der Waals surface area (Å²) in [5, 5.41) is 0. The number of benzene rings is 1. The molecular formula is C12H15FN2OS. The number of rotatable bonds is 3. The highest BCUT2D eigenvalue weighted by molar-refractivity contribution is 7.71. The molecule has 1 unspecified atom stereocenters. The first-order valence-electron chi connectivity index (χ1n) is 5.44. The lowest BCUT2D eigenvalue weighted by Crippen LogP contribution is -2.11. The van der Waals surface area contributed by atoms with E-state index in [0.29, 0.717) is 16.9 Å². The summed E-state index contributed by atoms with van der Waals surface area (Å²) in [4.78, 5) is 3.02. The van der Waals surface area contributed by atoms with Crippen LogP contribution in [0.5, 0.6) is 0 Å². The number of hydrogen-bond acceptors (Lipinski definition) is 2. The topological polar surface area (TPSA) is 29.9 Å². The molecule has 0 saturated carbocycles. The second-order valence-corrected chi connectivity index (χ2v) is 4.61. The smallest absolute Gasteiger partial charge is 0.178 e. The molecule has 0 aliphatic carbocycles. The van der Waals surface area contributed by atoms with Gasteiger partial charge in [0, 0.05) is 7.11 Å². The van der Waals surface area contributed by atoms with Gasteiger partial charge in [-0.2, -0.15) is 0 Å². The molecule has 0 saturated heterocycles. The van der Waals surface area contributed by atoms with Crippen molar-refractivity contribution in [2.75, 3.05) is 13.7 Å². The maximum absolute atomic E-state index is 13.5. The van der Waals surface area contributed by atoms with Gasteiger partial charge in [0.25, 0.3) is 0 Å². The van der Waals surface area contributed by atoms with Gasteiger partial charge in [-0.25, -0.2) is 4.39 Å². The molecule has 1 atom stereocenters. The van der Waals surface area contributed by atoms with E-state index < -0.39 is 0 Å². The van der Waals surface area contributed by atoms with Gasteiger partial charge in [-0.15, -0.1) is 0 Å². The Morgan fingerprint density at radius 1 is 1.53 bits per heavy atom. The summed E-state index contributed by atoms with van der Waals surface area (Å²) in [5.41, 5.74) is 2.25. The van der Waals surface area contributed by atoms with Gasteiger partial charge in [0.15, 0.2) is 4.77 Å². The average Bonchev–Trinajstić information content (AvgIpc) is 2.55. The zero-order valence-electron chi connectivity index (χ0n) is 10.1. The van der Waals surface area contributed by atoms with E-state index in [4.69, 9.17) is 17.0 Å². The van der Waals surface area contributed by atoms with Crippen molar-refractivity contribution in [3.8, 4) is 0 Å². The first-order valence-corrected chi connectivity index (χ1v) is 5.84. The van der Waals surface area contributed by atoms with Crippen molar-refractivity contribution in [1.29, 1.82) is 0 Å². The van der Waals surface area contributed by atoms with Crippen LogP contribution in [0.25, 0.3) is 11.0 Å². The fourth-order valence-electron chi connectivity index (χ4n) is 2.00. The number of aryl methyl sites for hydroxylation is 1. The minimum atomic E-state index is -0.222. The molecule has 0 amide bonds. The minimum Gasteiger partial charge on any atom is -0.383 e. The van der Waals surface area contributed by atoms with Crippen LogP contribution in [0.1, 0.15) is 18.5 Å². The Bertz CT molecular complexity index is 602. The van der Waals surface area contributed by atoms with E-state index in [2.05, 4.69) is 4.98 Å². The predicted molar refractivity (Wildman–Crippen MR) is 68.4 cm³/mol. The van der Waals surface area contributed by atoms with E-state index in [1.807, 2.05) is 17.6 Å². The van der Waals surface area contributed by atoms with E-state index in [9.17, 15) is 4.39 Å². The number of ether oxygens (including phenoxy) is 1. The molecule has 0 aliphatic heterocycles. The second kappa shape index (κ2) is 4.58. The van der Waals surface area contributed by atoms with Crippen LogP contribution in [0.4, 0.5) is 4.39 Å². The number of fused-ring (bicyclic) bond motifs is 1. The summed E-state index contributed by atoms with van der Waals surface area (Å²) >= 11 is 5.26. The molecule has 1 aromatic carbocycles. The van der Waals surface area contributed by atoms with Crippen molar-refractivity contribution >= 4 is 23.3 Å². The molecule has 2 aromatic rings. The Morgan fingerprint density at radius 2 is 2.24 bits per heavy atom. The van der Waals surface area contributed by atoms with Gasteiger partial charge in [0.1, 0.15) is 5.82 Å². The van der Waals surface area contributed by atoms with Crippen LogP contribution in [-0.4, -0.2) is 23.3 Å². The molecule has 1 aromatic heterocycles. The van der Waals surface area contributed by atoms with Crippen LogP contribution < -0.4 is 0 Å². The third kappa shape index (κ3) is 2.12. The Morgan fingerprint density at radius 3 is 2.88 bits per heavy atom.